The first-order chi connectivity index (χ1) is 21.8. The molecule has 4 saturated heterocycles. The Kier molecular flexibility index (Phi) is 13.9. The Bertz CT molecular complexity index is 1070. The quantitative estimate of drug-likeness (QED) is 0.292. The molecule has 12 heteroatoms. The summed E-state index contributed by atoms with van der Waals surface area (Å²) in [5.74, 6) is -2.95. The molecule has 4 aliphatic rings. The highest BCUT2D eigenvalue weighted by Gasteiger charge is 2.52. The first kappa shape index (κ1) is 39.8. The molecule has 0 unspecified atom stereocenters. The normalized spacial score (nSPS) is 44.8. The molecule has 0 amide bonds. The van der Waals surface area contributed by atoms with Crippen LogP contribution in [0.3, 0.4) is 0 Å². The average Bonchev–Trinajstić information content (AvgIpc) is 2.98. The Morgan fingerprint density at radius 2 is 1.81 bits per heavy atom. The first-order valence-corrected chi connectivity index (χ1v) is 17.2. The molecule has 0 aromatic heterocycles. The number of hydrogen-bond donors (Lipinski definition) is 3. The lowest BCUT2D eigenvalue weighted by Crippen LogP contribution is -2.61. The van der Waals surface area contributed by atoms with Gasteiger partial charge >= 0.3 is 11.9 Å². The third-order valence-electron chi connectivity index (χ3n) is 10.3. The molecule has 47 heavy (non-hydrogen) atoms. The number of carbonyl (C=O) groups excluding carboxylic acids is 2. The largest absolute Gasteiger partial charge is 0.459 e. The molecular weight excluding hydrogens is 608 g/mol. The second-order valence-corrected chi connectivity index (χ2v) is 15.0. The zero-order valence-corrected chi connectivity index (χ0v) is 30.5. The van der Waals surface area contributed by atoms with Gasteiger partial charge in [-0.2, -0.15) is 0 Å². The van der Waals surface area contributed by atoms with Crippen molar-refractivity contribution in [2.75, 3.05) is 33.9 Å². The van der Waals surface area contributed by atoms with Crippen molar-refractivity contribution < 1.29 is 48.2 Å². The molecule has 0 aliphatic carbocycles. The summed E-state index contributed by atoms with van der Waals surface area (Å²) in [5.41, 5.74) is -1.95. The molecule has 3 N–H and O–H groups in total. The molecule has 4 heterocycles. The average molecular weight is 671 g/mol. The Balaban J connectivity index is 2.18. The van der Waals surface area contributed by atoms with Crippen molar-refractivity contribution in [2.45, 2.75) is 148 Å². The summed E-state index contributed by atoms with van der Waals surface area (Å²) in [4.78, 5) is 28.0. The Morgan fingerprint density at radius 1 is 1.15 bits per heavy atom. The van der Waals surface area contributed by atoms with Gasteiger partial charge in [-0.25, -0.2) is 0 Å². The zero-order chi connectivity index (χ0) is 35.4. The molecule has 0 aromatic rings. The van der Waals surface area contributed by atoms with Crippen LogP contribution >= 0.6 is 0 Å². The molecule has 4 rings (SSSR count). The molecule has 0 aromatic carbocycles. The van der Waals surface area contributed by atoms with Gasteiger partial charge in [-0.1, -0.05) is 27.4 Å². The van der Waals surface area contributed by atoms with Crippen molar-refractivity contribution in [3.63, 3.8) is 0 Å². The van der Waals surface area contributed by atoms with Gasteiger partial charge in [0, 0.05) is 25.4 Å². The van der Waals surface area contributed by atoms with Crippen LogP contribution in [0.5, 0.6) is 0 Å². The lowest BCUT2D eigenvalue weighted by molar-refractivity contribution is -0.304. The third-order valence-corrected chi connectivity index (χ3v) is 10.3. The summed E-state index contributed by atoms with van der Waals surface area (Å²) >= 11 is 0. The maximum atomic E-state index is 13.7. The number of aliphatic hydroxyl groups is 2. The number of fused-ring (bicyclic) bond motifs is 15. The summed E-state index contributed by atoms with van der Waals surface area (Å²) < 4.78 is 38.1. The number of likely N-dealkylation sites (N-methyl/N-ethyl adjacent to an activating group) is 1. The van der Waals surface area contributed by atoms with Crippen LogP contribution in [0, 0.1) is 17.8 Å². The van der Waals surface area contributed by atoms with Crippen LogP contribution in [0.4, 0.5) is 0 Å². The fraction of sp³-hybridized carbons (Fsp3) is 0.886. The number of carbonyl (C=O) groups is 2. The molecule has 2 bridgehead atoms. The number of esters is 2. The fourth-order valence-electron chi connectivity index (χ4n) is 7.60. The highest BCUT2D eigenvalue weighted by molar-refractivity contribution is 5.73. The van der Waals surface area contributed by atoms with Crippen LogP contribution in [0.2, 0.25) is 0 Å². The van der Waals surface area contributed by atoms with Crippen LogP contribution in [0.15, 0.2) is 12.2 Å². The molecule has 12 nitrogen and oxygen atoms in total. The zero-order valence-electron chi connectivity index (χ0n) is 30.5. The summed E-state index contributed by atoms with van der Waals surface area (Å²) in [7, 11) is 3.84. The molecule has 14 atom stereocenters. The minimum atomic E-state index is -1.54. The number of ether oxygens (including phenoxy) is 6. The second-order valence-electron chi connectivity index (χ2n) is 15.0. The van der Waals surface area contributed by atoms with Gasteiger partial charge in [-0.15, -0.1) is 0 Å². The predicted octanol–water partition coefficient (Wildman–Crippen LogP) is 2.82. The first-order valence-electron chi connectivity index (χ1n) is 17.2. The smallest absolute Gasteiger partial charge is 0.311 e. The van der Waals surface area contributed by atoms with Gasteiger partial charge < -0.3 is 48.9 Å². The minimum Gasteiger partial charge on any atom is -0.459 e. The van der Waals surface area contributed by atoms with Crippen molar-refractivity contribution in [3.8, 4) is 0 Å². The SMILES string of the molecule is C=C1CO[C@H]2[C@@H](C)CN[C@H](C)C[C@@](C)(OC1)[C@H](O[C@@H]1O[C@H](C)C[C@H](N(C)C)[C@H]1OC(C)=O)[C@@H](C)[C@H](O)[C@@H](C)C(=O)O[C@H](CC)[C@@]2(C)O. The summed E-state index contributed by atoms with van der Waals surface area (Å²) in [6, 6.07) is -0.302. The van der Waals surface area contributed by atoms with Gasteiger partial charge in [0.1, 0.15) is 11.7 Å². The second kappa shape index (κ2) is 16.4. The van der Waals surface area contributed by atoms with Crippen LogP contribution in [-0.2, 0) is 38.0 Å². The minimum absolute atomic E-state index is 0.108. The van der Waals surface area contributed by atoms with Crippen LogP contribution < -0.4 is 5.32 Å². The van der Waals surface area contributed by atoms with E-state index in [1.807, 2.05) is 60.5 Å². The Labute approximate surface area is 281 Å². The summed E-state index contributed by atoms with van der Waals surface area (Å²) in [6.45, 7) is 21.1. The van der Waals surface area contributed by atoms with Gasteiger partial charge in [-0.05, 0) is 79.5 Å². The maximum Gasteiger partial charge on any atom is 0.311 e. The highest BCUT2D eigenvalue weighted by atomic mass is 16.7. The molecule has 0 spiro atoms. The van der Waals surface area contributed by atoms with Crippen molar-refractivity contribution in [1.82, 2.24) is 10.2 Å². The Morgan fingerprint density at radius 3 is 2.40 bits per heavy atom. The van der Waals surface area contributed by atoms with Gasteiger partial charge in [-0.3, -0.25) is 9.59 Å². The summed E-state index contributed by atoms with van der Waals surface area (Å²) in [6.07, 6.45) is -4.25. The van der Waals surface area contributed by atoms with Gasteiger partial charge in [0.25, 0.3) is 0 Å². The van der Waals surface area contributed by atoms with E-state index in [2.05, 4.69) is 11.9 Å². The maximum absolute atomic E-state index is 13.7. The van der Waals surface area contributed by atoms with E-state index in [1.165, 1.54) is 6.92 Å². The number of nitrogens with one attached hydrogen (secondary N) is 1. The lowest BCUT2D eigenvalue weighted by Gasteiger charge is -2.48. The van der Waals surface area contributed by atoms with Crippen LogP contribution in [0.1, 0.15) is 81.6 Å². The molecule has 0 radical (unpaired) electrons. The van der Waals surface area contributed by atoms with Crippen molar-refractivity contribution in [3.05, 3.63) is 12.2 Å². The highest BCUT2D eigenvalue weighted by Crippen LogP contribution is 2.39. The molecule has 272 valence electrons. The number of nitrogens with zero attached hydrogens (tertiary/aromatic N) is 1. The fourth-order valence-corrected chi connectivity index (χ4v) is 7.60. The molecule has 0 saturated carbocycles. The van der Waals surface area contributed by atoms with E-state index in [0.29, 0.717) is 31.4 Å². The van der Waals surface area contributed by atoms with E-state index in [9.17, 15) is 19.8 Å². The third kappa shape index (κ3) is 9.54. The predicted molar refractivity (Wildman–Crippen MR) is 176 cm³/mol. The van der Waals surface area contributed by atoms with E-state index in [0.717, 1.165) is 0 Å². The van der Waals surface area contributed by atoms with Crippen molar-refractivity contribution >= 4 is 11.9 Å². The van der Waals surface area contributed by atoms with Gasteiger partial charge in [0.2, 0.25) is 0 Å². The number of rotatable bonds is 5. The number of hydrogen-bond acceptors (Lipinski definition) is 12. The molecule has 4 fully saturated rings. The number of aliphatic hydroxyl groups excluding tert-OH is 1. The van der Waals surface area contributed by atoms with Crippen molar-refractivity contribution in [2.24, 2.45) is 17.8 Å². The molecule has 4 aliphatic heterocycles. The van der Waals surface area contributed by atoms with Crippen LogP contribution in [0.25, 0.3) is 0 Å². The monoisotopic (exact) mass is 670 g/mol. The summed E-state index contributed by atoms with van der Waals surface area (Å²) in [5, 5.41) is 27.4. The van der Waals surface area contributed by atoms with E-state index in [-0.39, 0.29) is 37.3 Å². The van der Waals surface area contributed by atoms with E-state index >= 15 is 0 Å². The van der Waals surface area contributed by atoms with Gasteiger partial charge in [0.15, 0.2) is 12.4 Å². The lowest BCUT2D eigenvalue weighted by atomic mass is 9.78. The topological polar surface area (TPSA) is 145 Å². The van der Waals surface area contributed by atoms with Gasteiger partial charge in [0.05, 0.1) is 55.2 Å². The van der Waals surface area contributed by atoms with E-state index in [1.54, 1.807) is 13.8 Å². The van der Waals surface area contributed by atoms with E-state index < -0.39 is 71.8 Å². The molecular formula is C35H62N2O10. The van der Waals surface area contributed by atoms with Crippen LogP contribution in [-0.4, -0.2) is 127 Å². The van der Waals surface area contributed by atoms with Crippen molar-refractivity contribution in [1.29, 1.82) is 0 Å². The standard InChI is InChI=1S/C35H62N2O10/c1-13-27-35(10,41)30-20(3)16-36-21(4)15-34(9,43-18-19(2)17-42-30)31(23(6)28(39)24(7)32(40)46-27)47-33-29(45-25(8)38)26(37(11)12)14-22(5)44-33/h20-24,26-31,33,36,39,41H,2,13-18H2,1,3-12H3/t20-,21+,22+,23-,24+,26-,27+,28-,29+,30-,31+,33-,34+,35+/m0/s1. The van der Waals surface area contributed by atoms with E-state index in [4.69, 9.17) is 28.4 Å². The Hall–Kier alpha value is -1.64.